The van der Waals surface area contributed by atoms with E-state index in [1.165, 1.54) is 0 Å². The number of nitrogens with one attached hydrogen (secondary N) is 1. The number of hydrogen-bond acceptors (Lipinski definition) is 3. The van der Waals surface area contributed by atoms with Crippen molar-refractivity contribution in [2.75, 3.05) is 33.3 Å². The highest BCUT2D eigenvalue weighted by atomic mass is 16.5. The molecule has 2 fully saturated rings. The third-order valence-corrected chi connectivity index (χ3v) is 3.71. The molecule has 3 unspecified atom stereocenters. The molecule has 0 aromatic rings. The molecule has 2 saturated heterocycles. The van der Waals surface area contributed by atoms with Gasteiger partial charge in [-0.05, 0) is 25.3 Å². The van der Waals surface area contributed by atoms with Crippen molar-refractivity contribution in [3.8, 4) is 0 Å². The molecular formula is C12H22N2O2. The molecule has 3 atom stereocenters. The minimum absolute atomic E-state index is 0.159. The molecule has 2 aliphatic rings. The Morgan fingerprint density at radius 3 is 2.88 bits per heavy atom. The monoisotopic (exact) mass is 226 g/mol. The Kier molecular flexibility index (Phi) is 3.82. The summed E-state index contributed by atoms with van der Waals surface area (Å²) in [5, 5.41) is 3.27. The Morgan fingerprint density at radius 2 is 2.31 bits per heavy atom. The van der Waals surface area contributed by atoms with Gasteiger partial charge in [-0.3, -0.25) is 4.79 Å². The van der Waals surface area contributed by atoms with E-state index in [4.69, 9.17) is 4.74 Å². The Balaban J connectivity index is 1.83. The molecule has 0 saturated carbocycles. The Hall–Kier alpha value is -0.610. The van der Waals surface area contributed by atoms with Crippen LogP contribution in [-0.2, 0) is 9.53 Å². The average Bonchev–Trinajstić information content (AvgIpc) is 2.88. The van der Waals surface area contributed by atoms with E-state index in [1.54, 1.807) is 0 Å². The molecule has 92 valence electrons. The summed E-state index contributed by atoms with van der Waals surface area (Å²) in [5.74, 6) is 0.888. The first-order chi connectivity index (χ1) is 7.68. The lowest BCUT2D eigenvalue weighted by Gasteiger charge is -2.25. The van der Waals surface area contributed by atoms with Crippen LogP contribution in [0.5, 0.6) is 0 Å². The second-order valence-corrected chi connectivity index (χ2v) is 5.10. The molecular weight excluding hydrogens is 204 g/mol. The average molecular weight is 226 g/mol. The number of amides is 1. The van der Waals surface area contributed by atoms with Crippen molar-refractivity contribution in [3.63, 3.8) is 0 Å². The van der Waals surface area contributed by atoms with Gasteiger partial charge >= 0.3 is 0 Å². The first-order valence-corrected chi connectivity index (χ1v) is 6.26. The van der Waals surface area contributed by atoms with Crippen molar-refractivity contribution in [2.45, 2.75) is 25.9 Å². The van der Waals surface area contributed by atoms with Crippen molar-refractivity contribution in [2.24, 2.45) is 11.8 Å². The SMILES string of the molecule is CC1CNCC1C(=O)N(C)CC1CCCO1. The molecule has 2 aliphatic heterocycles. The molecule has 2 heterocycles. The Labute approximate surface area is 97.3 Å². The number of rotatable bonds is 3. The molecule has 1 amide bonds. The van der Waals surface area contributed by atoms with Crippen LogP contribution in [0.2, 0.25) is 0 Å². The second kappa shape index (κ2) is 5.15. The number of carbonyl (C=O) groups excluding carboxylic acids is 1. The fourth-order valence-electron chi connectivity index (χ4n) is 2.61. The van der Waals surface area contributed by atoms with E-state index < -0.39 is 0 Å². The number of carbonyl (C=O) groups is 1. The van der Waals surface area contributed by atoms with Gasteiger partial charge < -0.3 is 15.0 Å². The van der Waals surface area contributed by atoms with Crippen molar-refractivity contribution < 1.29 is 9.53 Å². The zero-order valence-corrected chi connectivity index (χ0v) is 10.2. The van der Waals surface area contributed by atoms with Crippen LogP contribution in [-0.4, -0.2) is 50.2 Å². The molecule has 4 heteroatoms. The van der Waals surface area contributed by atoms with Gasteiger partial charge in [-0.15, -0.1) is 0 Å². The van der Waals surface area contributed by atoms with Crippen LogP contribution in [0.3, 0.4) is 0 Å². The highest BCUT2D eigenvalue weighted by molar-refractivity contribution is 5.79. The summed E-state index contributed by atoms with van der Waals surface area (Å²) in [5.41, 5.74) is 0. The predicted octanol–water partition coefficient (Wildman–Crippen LogP) is 0.479. The normalized spacial score (nSPS) is 34.2. The van der Waals surface area contributed by atoms with Crippen LogP contribution < -0.4 is 5.32 Å². The van der Waals surface area contributed by atoms with Crippen LogP contribution in [0.1, 0.15) is 19.8 Å². The van der Waals surface area contributed by atoms with E-state index >= 15 is 0 Å². The maximum Gasteiger partial charge on any atom is 0.227 e. The summed E-state index contributed by atoms with van der Waals surface area (Å²) in [4.78, 5) is 14.0. The summed E-state index contributed by atoms with van der Waals surface area (Å²) >= 11 is 0. The third kappa shape index (κ3) is 2.55. The Bertz CT molecular complexity index is 251. The standard InChI is InChI=1S/C12H22N2O2/c1-9-6-13-7-11(9)12(15)14(2)8-10-4-3-5-16-10/h9-11,13H,3-8H2,1-2H3. The second-order valence-electron chi connectivity index (χ2n) is 5.10. The lowest BCUT2D eigenvalue weighted by atomic mass is 9.96. The van der Waals surface area contributed by atoms with Crippen molar-refractivity contribution in [3.05, 3.63) is 0 Å². The van der Waals surface area contributed by atoms with Crippen LogP contribution in [0, 0.1) is 11.8 Å². The van der Waals surface area contributed by atoms with E-state index in [-0.39, 0.29) is 17.9 Å². The summed E-state index contributed by atoms with van der Waals surface area (Å²) in [6.07, 6.45) is 2.49. The predicted molar refractivity (Wildman–Crippen MR) is 62.1 cm³/mol. The molecule has 0 bridgehead atoms. The third-order valence-electron chi connectivity index (χ3n) is 3.71. The van der Waals surface area contributed by atoms with Gasteiger partial charge in [0.2, 0.25) is 5.91 Å². The fourth-order valence-corrected chi connectivity index (χ4v) is 2.61. The molecule has 2 rings (SSSR count). The molecule has 1 N–H and O–H groups in total. The molecule has 0 aromatic carbocycles. The minimum Gasteiger partial charge on any atom is -0.376 e. The number of hydrogen-bond donors (Lipinski definition) is 1. The quantitative estimate of drug-likeness (QED) is 0.761. The summed E-state index contributed by atoms with van der Waals surface area (Å²) < 4.78 is 5.55. The number of nitrogens with zero attached hydrogens (tertiary/aromatic N) is 1. The van der Waals surface area contributed by atoms with E-state index in [0.29, 0.717) is 5.92 Å². The van der Waals surface area contributed by atoms with E-state index in [9.17, 15) is 4.79 Å². The summed E-state index contributed by atoms with van der Waals surface area (Å²) in [7, 11) is 1.90. The molecule has 0 aliphatic carbocycles. The molecule has 0 radical (unpaired) electrons. The topological polar surface area (TPSA) is 41.6 Å². The van der Waals surface area contributed by atoms with E-state index in [0.717, 1.165) is 39.1 Å². The number of likely N-dealkylation sites (N-methyl/N-ethyl adjacent to an activating group) is 1. The maximum absolute atomic E-state index is 12.2. The lowest BCUT2D eigenvalue weighted by molar-refractivity contribution is -0.136. The van der Waals surface area contributed by atoms with Gasteiger partial charge in [0.05, 0.1) is 12.0 Å². The van der Waals surface area contributed by atoms with Gasteiger partial charge in [0, 0.05) is 26.7 Å². The first kappa shape index (κ1) is 11.9. The van der Waals surface area contributed by atoms with Gasteiger partial charge in [-0.2, -0.15) is 0 Å². The zero-order chi connectivity index (χ0) is 11.5. The molecule has 16 heavy (non-hydrogen) atoms. The molecule has 4 nitrogen and oxygen atoms in total. The highest BCUT2D eigenvalue weighted by Gasteiger charge is 2.32. The zero-order valence-electron chi connectivity index (χ0n) is 10.2. The van der Waals surface area contributed by atoms with Crippen LogP contribution >= 0.6 is 0 Å². The van der Waals surface area contributed by atoms with Crippen LogP contribution in [0.4, 0.5) is 0 Å². The van der Waals surface area contributed by atoms with Crippen LogP contribution in [0.25, 0.3) is 0 Å². The molecule has 0 aromatic heterocycles. The van der Waals surface area contributed by atoms with Gasteiger partial charge in [-0.1, -0.05) is 6.92 Å². The largest absolute Gasteiger partial charge is 0.376 e. The van der Waals surface area contributed by atoms with E-state index in [1.807, 2.05) is 11.9 Å². The highest BCUT2D eigenvalue weighted by Crippen LogP contribution is 2.19. The molecule has 0 spiro atoms. The first-order valence-electron chi connectivity index (χ1n) is 6.26. The van der Waals surface area contributed by atoms with Crippen molar-refractivity contribution in [1.82, 2.24) is 10.2 Å². The fraction of sp³-hybridized carbons (Fsp3) is 0.917. The van der Waals surface area contributed by atoms with Crippen LogP contribution in [0.15, 0.2) is 0 Å². The Morgan fingerprint density at radius 1 is 1.50 bits per heavy atom. The maximum atomic E-state index is 12.2. The minimum atomic E-state index is 0.159. The summed E-state index contributed by atoms with van der Waals surface area (Å²) in [6.45, 7) is 5.54. The van der Waals surface area contributed by atoms with Gasteiger partial charge in [0.25, 0.3) is 0 Å². The van der Waals surface area contributed by atoms with Gasteiger partial charge in [0.15, 0.2) is 0 Å². The smallest absolute Gasteiger partial charge is 0.227 e. The number of ether oxygens (including phenoxy) is 1. The van der Waals surface area contributed by atoms with Gasteiger partial charge in [0.1, 0.15) is 0 Å². The summed E-state index contributed by atoms with van der Waals surface area (Å²) in [6, 6.07) is 0. The van der Waals surface area contributed by atoms with E-state index in [2.05, 4.69) is 12.2 Å². The van der Waals surface area contributed by atoms with Crippen molar-refractivity contribution in [1.29, 1.82) is 0 Å². The van der Waals surface area contributed by atoms with Crippen molar-refractivity contribution >= 4 is 5.91 Å². The van der Waals surface area contributed by atoms with Gasteiger partial charge in [-0.25, -0.2) is 0 Å². The lowest BCUT2D eigenvalue weighted by Crippen LogP contribution is -2.40.